The van der Waals surface area contributed by atoms with E-state index in [0.717, 1.165) is 29.1 Å². The van der Waals surface area contributed by atoms with Crippen molar-refractivity contribution in [2.75, 3.05) is 20.6 Å². The van der Waals surface area contributed by atoms with Gasteiger partial charge in [-0.05, 0) is 49.2 Å². The van der Waals surface area contributed by atoms with Crippen molar-refractivity contribution in [1.29, 1.82) is 0 Å². The second-order valence-electron chi connectivity index (χ2n) is 7.40. The second-order valence-corrected chi connectivity index (χ2v) is 8.35. The number of rotatable bonds is 7. The maximum absolute atomic E-state index is 13.3. The third-order valence-electron chi connectivity index (χ3n) is 4.56. The molecule has 5 nitrogen and oxygen atoms in total. The van der Waals surface area contributed by atoms with Crippen molar-refractivity contribution in [2.45, 2.75) is 32.9 Å². The number of aliphatic imine (C=N–C) groups is 1. The van der Waals surface area contributed by atoms with Crippen LogP contribution in [0.1, 0.15) is 35.8 Å². The SMILES string of the molecule is CCCN(Cc1ccc(CN(C)C)cc1)C(=O)C1=Cc2sccc2N=C(N)C1. The molecule has 1 aliphatic rings. The monoisotopic (exact) mass is 396 g/mol. The number of hydrogen-bond donors (Lipinski definition) is 1. The molecular weight excluding hydrogens is 368 g/mol. The third-order valence-corrected chi connectivity index (χ3v) is 5.42. The van der Waals surface area contributed by atoms with Crippen molar-refractivity contribution in [2.24, 2.45) is 10.7 Å². The highest BCUT2D eigenvalue weighted by molar-refractivity contribution is 7.11. The second kappa shape index (κ2) is 9.17. The topological polar surface area (TPSA) is 61.9 Å². The van der Waals surface area contributed by atoms with E-state index in [0.29, 0.717) is 30.9 Å². The maximum atomic E-state index is 13.3. The molecular formula is C22H28N4OS. The number of amidine groups is 1. The largest absolute Gasteiger partial charge is 0.387 e. The molecule has 0 atom stereocenters. The van der Waals surface area contributed by atoms with E-state index in [1.54, 1.807) is 11.3 Å². The Morgan fingerprint density at radius 1 is 1.14 bits per heavy atom. The number of amides is 1. The van der Waals surface area contributed by atoms with Gasteiger partial charge in [0.1, 0.15) is 5.84 Å². The molecule has 2 N–H and O–H groups in total. The van der Waals surface area contributed by atoms with Crippen LogP contribution in [-0.4, -0.2) is 42.2 Å². The van der Waals surface area contributed by atoms with Crippen molar-refractivity contribution < 1.29 is 4.79 Å². The molecule has 1 aromatic heterocycles. The van der Waals surface area contributed by atoms with Gasteiger partial charge in [0.25, 0.3) is 5.91 Å². The summed E-state index contributed by atoms with van der Waals surface area (Å²) in [5.74, 6) is 0.528. The molecule has 0 aliphatic carbocycles. The molecule has 6 heteroatoms. The number of hydrogen-bond acceptors (Lipinski definition) is 5. The predicted octanol–water partition coefficient (Wildman–Crippen LogP) is 4.02. The van der Waals surface area contributed by atoms with E-state index < -0.39 is 0 Å². The summed E-state index contributed by atoms with van der Waals surface area (Å²) >= 11 is 1.58. The number of carbonyl (C=O) groups excluding carboxylic acids is 1. The standard InChI is InChI=1S/C22H28N4OS/c1-4-10-26(15-17-7-5-16(6-8-17)14-25(2)3)22(27)18-12-20-19(9-11-28-20)24-21(23)13-18/h5-9,11-12H,4,10,13-15H2,1-3H3,(H2,23,24). The Morgan fingerprint density at radius 2 is 1.82 bits per heavy atom. The minimum absolute atomic E-state index is 0.0404. The summed E-state index contributed by atoms with van der Waals surface area (Å²) in [7, 11) is 4.12. The summed E-state index contributed by atoms with van der Waals surface area (Å²) in [5.41, 5.74) is 10.0. The molecule has 2 heterocycles. The predicted molar refractivity (Wildman–Crippen MR) is 118 cm³/mol. The molecule has 0 radical (unpaired) electrons. The van der Waals surface area contributed by atoms with Crippen molar-refractivity contribution >= 4 is 34.8 Å². The molecule has 3 rings (SSSR count). The molecule has 0 fully saturated rings. The van der Waals surface area contributed by atoms with Crippen LogP contribution in [0.5, 0.6) is 0 Å². The van der Waals surface area contributed by atoms with Crippen LogP contribution < -0.4 is 5.73 Å². The molecule has 0 spiro atoms. The quantitative estimate of drug-likeness (QED) is 0.769. The summed E-state index contributed by atoms with van der Waals surface area (Å²) in [5, 5.41) is 1.98. The highest BCUT2D eigenvalue weighted by Gasteiger charge is 2.21. The van der Waals surface area contributed by atoms with Gasteiger partial charge in [0.2, 0.25) is 0 Å². The lowest BCUT2D eigenvalue weighted by atomic mass is 10.1. The smallest absolute Gasteiger partial charge is 0.250 e. The Kier molecular flexibility index (Phi) is 6.65. The maximum Gasteiger partial charge on any atom is 0.250 e. The Balaban J connectivity index is 1.78. The molecule has 0 saturated carbocycles. The Morgan fingerprint density at radius 3 is 2.46 bits per heavy atom. The molecule has 28 heavy (non-hydrogen) atoms. The van der Waals surface area contributed by atoms with Gasteiger partial charge < -0.3 is 15.5 Å². The van der Waals surface area contributed by atoms with E-state index in [9.17, 15) is 4.79 Å². The molecule has 0 bridgehead atoms. The number of fused-ring (bicyclic) bond motifs is 1. The fraction of sp³-hybridized carbons (Fsp3) is 0.364. The fourth-order valence-electron chi connectivity index (χ4n) is 3.31. The van der Waals surface area contributed by atoms with E-state index in [1.165, 1.54) is 5.56 Å². The number of carbonyl (C=O) groups is 1. The van der Waals surface area contributed by atoms with Crippen LogP contribution in [0.2, 0.25) is 0 Å². The van der Waals surface area contributed by atoms with E-state index in [4.69, 9.17) is 5.73 Å². The zero-order valence-corrected chi connectivity index (χ0v) is 17.6. The minimum Gasteiger partial charge on any atom is -0.387 e. The van der Waals surface area contributed by atoms with Crippen LogP contribution >= 0.6 is 11.3 Å². The fourth-order valence-corrected chi connectivity index (χ4v) is 4.10. The number of benzene rings is 1. The first kappa shape index (κ1) is 20.3. The lowest BCUT2D eigenvalue weighted by Gasteiger charge is -2.24. The first-order valence-corrected chi connectivity index (χ1v) is 10.5. The number of nitrogens with two attached hydrogens (primary N) is 1. The number of thiophene rings is 1. The third kappa shape index (κ3) is 5.09. The average molecular weight is 397 g/mol. The van der Waals surface area contributed by atoms with Gasteiger partial charge in [0, 0.05) is 31.6 Å². The van der Waals surface area contributed by atoms with E-state index >= 15 is 0 Å². The molecule has 1 aromatic carbocycles. The molecule has 0 unspecified atom stereocenters. The zero-order chi connectivity index (χ0) is 20.1. The normalized spacial score (nSPS) is 13.6. The summed E-state index contributed by atoms with van der Waals surface area (Å²) in [6.07, 6.45) is 3.25. The van der Waals surface area contributed by atoms with Gasteiger partial charge in [-0.1, -0.05) is 31.2 Å². The van der Waals surface area contributed by atoms with Gasteiger partial charge in [0.15, 0.2) is 0 Å². The van der Waals surface area contributed by atoms with Crippen molar-refractivity contribution in [3.63, 3.8) is 0 Å². The van der Waals surface area contributed by atoms with Gasteiger partial charge in [0.05, 0.1) is 10.6 Å². The highest BCUT2D eigenvalue weighted by Crippen LogP contribution is 2.31. The van der Waals surface area contributed by atoms with Gasteiger partial charge in [-0.15, -0.1) is 11.3 Å². The van der Waals surface area contributed by atoms with E-state index in [1.807, 2.05) is 22.4 Å². The molecule has 2 aromatic rings. The number of nitrogens with zero attached hydrogens (tertiary/aromatic N) is 3. The van der Waals surface area contributed by atoms with Crippen molar-refractivity contribution in [3.05, 3.63) is 57.3 Å². The van der Waals surface area contributed by atoms with Gasteiger partial charge in [-0.25, -0.2) is 4.99 Å². The summed E-state index contributed by atoms with van der Waals surface area (Å²) in [6, 6.07) is 10.4. The van der Waals surface area contributed by atoms with Crippen LogP contribution in [0.15, 0.2) is 46.3 Å². The molecule has 0 saturated heterocycles. The first-order valence-electron chi connectivity index (χ1n) is 9.59. The van der Waals surface area contributed by atoms with E-state index in [2.05, 4.69) is 55.2 Å². The van der Waals surface area contributed by atoms with Gasteiger partial charge in [-0.3, -0.25) is 4.79 Å². The van der Waals surface area contributed by atoms with Crippen molar-refractivity contribution in [1.82, 2.24) is 9.80 Å². The zero-order valence-electron chi connectivity index (χ0n) is 16.8. The van der Waals surface area contributed by atoms with Crippen LogP contribution in [0.25, 0.3) is 6.08 Å². The summed E-state index contributed by atoms with van der Waals surface area (Å²) in [6.45, 7) is 4.31. The lowest BCUT2D eigenvalue weighted by molar-refractivity contribution is -0.127. The minimum atomic E-state index is 0.0404. The summed E-state index contributed by atoms with van der Waals surface area (Å²) < 4.78 is 0. The van der Waals surface area contributed by atoms with Crippen LogP contribution in [0.4, 0.5) is 5.69 Å². The van der Waals surface area contributed by atoms with Crippen LogP contribution in [0.3, 0.4) is 0 Å². The lowest BCUT2D eigenvalue weighted by Crippen LogP contribution is -2.33. The average Bonchev–Trinajstić information content (AvgIpc) is 3.01. The highest BCUT2D eigenvalue weighted by atomic mass is 32.1. The molecule has 1 aliphatic heterocycles. The Hall–Kier alpha value is -2.44. The van der Waals surface area contributed by atoms with Crippen LogP contribution in [0, 0.1) is 0 Å². The molecule has 148 valence electrons. The van der Waals surface area contributed by atoms with Crippen molar-refractivity contribution in [3.8, 4) is 0 Å². The van der Waals surface area contributed by atoms with Gasteiger partial charge in [-0.2, -0.15) is 0 Å². The first-order chi connectivity index (χ1) is 13.5. The molecule has 1 amide bonds. The van der Waals surface area contributed by atoms with E-state index in [-0.39, 0.29) is 5.91 Å². The summed E-state index contributed by atoms with van der Waals surface area (Å²) in [4.78, 5) is 22.8. The van der Waals surface area contributed by atoms with Gasteiger partial charge >= 0.3 is 0 Å². The van der Waals surface area contributed by atoms with Crippen LogP contribution in [-0.2, 0) is 17.9 Å². The Bertz CT molecular complexity index is 880. The Labute approximate surface area is 171 Å².